The fourth-order valence-corrected chi connectivity index (χ4v) is 23.8. The molecule has 0 aliphatic heterocycles. The molecule has 0 N–H and O–H groups in total. The fourth-order valence-electron chi connectivity index (χ4n) is 14.2. The number of aromatic nitrogens is 3. The van der Waals surface area contributed by atoms with Crippen LogP contribution in [0.15, 0.2) is 334 Å². The lowest BCUT2D eigenvalue weighted by Gasteiger charge is -2.34. The quantitative estimate of drug-likeness (QED) is 0.0906. The number of para-hydroxylation sites is 3. The third kappa shape index (κ3) is 7.49. The van der Waals surface area contributed by atoms with E-state index in [1.807, 2.05) is 0 Å². The number of fused-ring (bicyclic) bond motifs is 9. The SMILES string of the molecule is c1ccc([Si](c2ccccc2)(c2ccccc2)c2cccc(-n3c4ccccc4c4cc(-n5c6ccccc6c6ccc(-n7c8ccccc8c8ccc([Si](c9ccccc9)(c9ccccc9)c9ccccc9)cc87)cc65)ccc43)c2)cc1. The van der Waals surface area contributed by atoms with Crippen LogP contribution in [0, 0.1) is 0 Å². The summed E-state index contributed by atoms with van der Waals surface area (Å²) in [5, 5.41) is 18.2. The Morgan fingerprint density at radius 3 is 0.892 bits per heavy atom. The minimum atomic E-state index is -2.84. The molecule has 83 heavy (non-hydrogen) atoms. The Morgan fingerprint density at radius 2 is 0.446 bits per heavy atom. The monoisotopic (exact) mass is 1090 g/mol. The Balaban J connectivity index is 0.898. The van der Waals surface area contributed by atoms with E-state index >= 15 is 0 Å². The average Bonchev–Trinajstić information content (AvgIpc) is 3.41. The highest BCUT2D eigenvalue weighted by Crippen LogP contribution is 2.39. The van der Waals surface area contributed by atoms with Crippen molar-refractivity contribution in [3.8, 4) is 17.1 Å². The molecule has 5 heteroatoms. The van der Waals surface area contributed by atoms with Gasteiger partial charge in [0, 0.05) is 49.4 Å². The van der Waals surface area contributed by atoms with Gasteiger partial charge in [-0.25, -0.2) is 0 Å². The van der Waals surface area contributed by atoms with Crippen LogP contribution < -0.4 is 41.5 Å². The Kier molecular flexibility index (Phi) is 11.6. The van der Waals surface area contributed by atoms with Gasteiger partial charge in [0.15, 0.2) is 16.1 Å². The Morgan fingerprint density at radius 1 is 0.157 bits per heavy atom. The lowest BCUT2D eigenvalue weighted by Crippen LogP contribution is -2.74. The van der Waals surface area contributed by atoms with E-state index in [1.165, 1.54) is 101 Å². The number of hydrogen-bond acceptors (Lipinski definition) is 0. The first-order valence-electron chi connectivity index (χ1n) is 28.7. The molecule has 0 unspecified atom stereocenters. The minimum absolute atomic E-state index is 1.12. The molecule has 16 aromatic rings. The molecule has 390 valence electrons. The van der Waals surface area contributed by atoms with Crippen molar-refractivity contribution in [3.63, 3.8) is 0 Å². The molecular weight excluding hydrogens is 1040 g/mol. The van der Waals surface area contributed by atoms with Gasteiger partial charge < -0.3 is 13.7 Å². The summed E-state index contributed by atoms with van der Waals surface area (Å²) in [5.41, 5.74) is 10.4. The number of hydrogen-bond donors (Lipinski definition) is 0. The van der Waals surface area contributed by atoms with Crippen molar-refractivity contribution in [1.82, 2.24) is 13.7 Å². The van der Waals surface area contributed by atoms with Crippen molar-refractivity contribution < 1.29 is 0 Å². The second kappa shape index (κ2) is 19.7. The van der Waals surface area contributed by atoms with Crippen LogP contribution in [0.5, 0.6) is 0 Å². The highest BCUT2D eigenvalue weighted by Gasteiger charge is 2.43. The normalized spacial score (nSPS) is 12.1. The maximum atomic E-state index is 2.53. The van der Waals surface area contributed by atoms with Gasteiger partial charge in [0.05, 0.1) is 33.1 Å². The molecule has 0 bridgehead atoms. The van der Waals surface area contributed by atoms with Gasteiger partial charge in [0.2, 0.25) is 0 Å². The topological polar surface area (TPSA) is 14.8 Å². The molecule has 0 radical (unpaired) electrons. The molecule has 16 rings (SSSR count). The Hall–Kier alpha value is -10.3. The highest BCUT2D eigenvalue weighted by molar-refractivity contribution is 7.20. The van der Waals surface area contributed by atoms with Gasteiger partial charge in [-0.05, 0) is 108 Å². The van der Waals surface area contributed by atoms with Crippen LogP contribution in [0.4, 0.5) is 0 Å². The molecule has 3 heterocycles. The molecule has 0 saturated carbocycles. The first-order valence-corrected chi connectivity index (χ1v) is 32.7. The van der Waals surface area contributed by atoms with E-state index < -0.39 is 16.1 Å². The van der Waals surface area contributed by atoms with Gasteiger partial charge in [-0.1, -0.05) is 267 Å². The molecule has 3 aromatic heterocycles. The van der Waals surface area contributed by atoms with Crippen molar-refractivity contribution in [2.75, 3.05) is 0 Å². The maximum Gasteiger partial charge on any atom is 0.179 e. The maximum absolute atomic E-state index is 2.84. The van der Waals surface area contributed by atoms with E-state index in [0.29, 0.717) is 0 Å². The summed E-state index contributed by atoms with van der Waals surface area (Å²) in [5.74, 6) is 0. The summed E-state index contributed by atoms with van der Waals surface area (Å²) in [6.45, 7) is 0. The van der Waals surface area contributed by atoms with E-state index in [9.17, 15) is 0 Å². The predicted molar refractivity (Wildman–Crippen MR) is 357 cm³/mol. The summed E-state index contributed by atoms with van der Waals surface area (Å²) < 4.78 is 7.51. The highest BCUT2D eigenvalue weighted by atomic mass is 28.3. The predicted octanol–water partition coefficient (Wildman–Crippen LogP) is 13.7. The van der Waals surface area contributed by atoms with E-state index in [2.05, 4.69) is 347 Å². The standard InChI is InChI=1S/C78H55N3Si2/c1-7-27-59(28-8-1)82(60-29-9-2-10-30-60,61-31-11-3-12-32-61)65-39-25-26-56(52-65)79-75-45-24-21-42-69(75)72-53-57(47-51-76(72)79)80-73-43-22-19-40-67(73)70-49-46-58(54-77(70)80)81-74-44-23-20-41-68(74)71-50-48-66(55-78(71)81)83(62-33-13-4-14-34-62,63-35-15-5-16-36-63)64-37-17-6-18-38-64/h1-55H. The van der Waals surface area contributed by atoms with Gasteiger partial charge in [0.25, 0.3) is 0 Å². The zero-order valence-electron chi connectivity index (χ0n) is 45.6. The van der Waals surface area contributed by atoms with Gasteiger partial charge >= 0.3 is 0 Å². The van der Waals surface area contributed by atoms with E-state index in [-0.39, 0.29) is 0 Å². The van der Waals surface area contributed by atoms with Crippen molar-refractivity contribution >= 4 is 123 Å². The molecule has 13 aromatic carbocycles. The van der Waals surface area contributed by atoms with Gasteiger partial charge in [-0.3, -0.25) is 0 Å². The zero-order valence-corrected chi connectivity index (χ0v) is 47.6. The van der Waals surface area contributed by atoms with Gasteiger partial charge in [0.1, 0.15) is 0 Å². The third-order valence-corrected chi connectivity index (χ3v) is 27.3. The Labute approximate surface area is 484 Å². The second-order valence-electron chi connectivity index (χ2n) is 21.9. The number of benzene rings is 13. The average molecular weight is 1090 g/mol. The van der Waals surface area contributed by atoms with E-state index in [4.69, 9.17) is 0 Å². The summed E-state index contributed by atoms with van der Waals surface area (Å²) in [6.07, 6.45) is 0. The van der Waals surface area contributed by atoms with Crippen LogP contribution in [-0.2, 0) is 0 Å². The minimum Gasteiger partial charge on any atom is -0.309 e. The van der Waals surface area contributed by atoms with Gasteiger partial charge in [-0.15, -0.1) is 0 Å². The van der Waals surface area contributed by atoms with Crippen LogP contribution in [0.1, 0.15) is 0 Å². The lowest BCUT2D eigenvalue weighted by molar-refractivity contribution is 1.15. The largest absolute Gasteiger partial charge is 0.309 e. The molecule has 0 saturated heterocycles. The zero-order chi connectivity index (χ0) is 54.9. The Bertz CT molecular complexity index is 4880. The van der Waals surface area contributed by atoms with Crippen LogP contribution in [0.25, 0.3) is 82.5 Å². The molecule has 0 aliphatic carbocycles. The first-order chi connectivity index (χ1) is 41.2. The summed E-state index contributed by atoms with van der Waals surface area (Å²) in [6, 6.07) is 125. The second-order valence-corrected chi connectivity index (χ2v) is 29.6. The first kappa shape index (κ1) is 48.6. The number of rotatable bonds is 11. The number of nitrogens with zero attached hydrogens (tertiary/aromatic N) is 3. The molecule has 3 nitrogen and oxygen atoms in total. The summed E-state index contributed by atoms with van der Waals surface area (Å²) >= 11 is 0. The molecular formula is C78H55N3Si2. The smallest absolute Gasteiger partial charge is 0.179 e. The molecule has 0 fully saturated rings. The van der Waals surface area contributed by atoms with Crippen LogP contribution in [0.2, 0.25) is 0 Å². The molecule has 0 atom stereocenters. The van der Waals surface area contributed by atoms with Crippen molar-refractivity contribution in [2.24, 2.45) is 0 Å². The van der Waals surface area contributed by atoms with Crippen molar-refractivity contribution in [2.45, 2.75) is 0 Å². The summed E-state index contributed by atoms with van der Waals surface area (Å²) in [4.78, 5) is 0. The van der Waals surface area contributed by atoms with Gasteiger partial charge in [-0.2, -0.15) is 0 Å². The van der Waals surface area contributed by atoms with Crippen LogP contribution >= 0.6 is 0 Å². The molecule has 0 amide bonds. The summed E-state index contributed by atoms with van der Waals surface area (Å²) in [7, 11) is -5.65. The fraction of sp³-hybridized carbons (Fsp3) is 0. The molecule has 0 aliphatic rings. The lowest BCUT2D eigenvalue weighted by atomic mass is 10.1. The third-order valence-electron chi connectivity index (χ3n) is 17.7. The van der Waals surface area contributed by atoms with Crippen molar-refractivity contribution in [1.29, 1.82) is 0 Å². The van der Waals surface area contributed by atoms with Crippen LogP contribution in [-0.4, -0.2) is 29.8 Å². The van der Waals surface area contributed by atoms with E-state index in [1.54, 1.807) is 0 Å². The van der Waals surface area contributed by atoms with Crippen LogP contribution in [0.3, 0.4) is 0 Å². The van der Waals surface area contributed by atoms with Crippen molar-refractivity contribution in [3.05, 3.63) is 334 Å². The van der Waals surface area contributed by atoms with E-state index in [0.717, 1.165) is 22.6 Å². The molecule has 0 spiro atoms.